The Morgan fingerprint density at radius 3 is 2.26 bits per heavy atom. The molecule has 0 radical (unpaired) electrons. The molecule has 7 heteroatoms. The highest BCUT2D eigenvalue weighted by molar-refractivity contribution is 5.94. The van der Waals surface area contributed by atoms with Crippen LogP contribution in [0.5, 0.6) is 0 Å². The number of hydrogen-bond acceptors (Lipinski definition) is 3. The van der Waals surface area contributed by atoms with Crippen LogP contribution < -0.4 is 10.2 Å². The van der Waals surface area contributed by atoms with E-state index in [4.69, 9.17) is 10.2 Å². The maximum Gasteiger partial charge on any atom is 0.326 e. The molecule has 0 fully saturated rings. The Bertz CT molecular complexity index is 474. The molecule has 1 aromatic rings. The second kappa shape index (κ2) is 6.39. The van der Waals surface area contributed by atoms with Crippen LogP contribution in [-0.2, 0) is 9.59 Å². The van der Waals surface area contributed by atoms with Gasteiger partial charge in [-0.15, -0.1) is 0 Å². The number of carboxylic acids is 2. The van der Waals surface area contributed by atoms with E-state index in [-0.39, 0.29) is 0 Å². The molecule has 0 spiro atoms. The molecule has 102 valence electrons. The minimum atomic E-state index is -1.46. The van der Waals surface area contributed by atoms with E-state index < -0.39 is 30.4 Å². The summed E-state index contributed by atoms with van der Waals surface area (Å²) in [5, 5.41) is 19.6. The van der Waals surface area contributed by atoms with Gasteiger partial charge in [-0.25, -0.2) is 9.59 Å². The summed E-state index contributed by atoms with van der Waals surface area (Å²) in [6.07, 6.45) is -0.677. The summed E-state index contributed by atoms with van der Waals surface area (Å²) in [7, 11) is 1.46. The number of nitrogens with zero attached hydrogens (tertiary/aromatic N) is 1. The van der Waals surface area contributed by atoms with Gasteiger partial charge in [0.15, 0.2) is 0 Å². The molecule has 0 aromatic heterocycles. The Balaban J connectivity index is 2.72. The first-order chi connectivity index (χ1) is 8.91. The monoisotopic (exact) mass is 266 g/mol. The first kappa shape index (κ1) is 14.5. The molecule has 2 amide bonds. The minimum Gasteiger partial charge on any atom is -0.481 e. The van der Waals surface area contributed by atoms with Crippen molar-refractivity contribution < 1.29 is 24.6 Å². The van der Waals surface area contributed by atoms with Crippen molar-refractivity contribution in [2.24, 2.45) is 0 Å². The molecule has 0 bridgehead atoms. The van der Waals surface area contributed by atoms with E-state index in [1.807, 2.05) is 0 Å². The van der Waals surface area contributed by atoms with Crippen LogP contribution in [0.15, 0.2) is 30.3 Å². The summed E-state index contributed by atoms with van der Waals surface area (Å²) in [6.45, 7) is 0. The lowest BCUT2D eigenvalue weighted by molar-refractivity contribution is -0.145. The maximum atomic E-state index is 11.8. The van der Waals surface area contributed by atoms with Crippen molar-refractivity contribution in [3.8, 4) is 0 Å². The number of aliphatic carboxylic acids is 2. The third kappa shape index (κ3) is 4.30. The lowest BCUT2D eigenvalue weighted by atomic mass is 10.2. The Kier molecular flexibility index (Phi) is 4.87. The first-order valence-electron chi connectivity index (χ1n) is 5.45. The summed E-state index contributed by atoms with van der Waals surface area (Å²) in [5.74, 6) is -2.69. The molecule has 1 atom stereocenters. The van der Waals surface area contributed by atoms with E-state index in [1.54, 1.807) is 30.3 Å². The van der Waals surface area contributed by atoms with Gasteiger partial charge in [0, 0.05) is 12.7 Å². The number of rotatable bonds is 5. The smallest absolute Gasteiger partial charge is 0.326 e. The van der Waals surface area contributed by atoms with Crippen molar-refractivity contribution in [1.29, 1.82) is 0 Å². The summed E-state index contributed by atoms with van der Waals surface area (Å²) >= 11 is 0. The second-order valence-corrected chi connectivity index (χ2v) is 3.83. The summed E-state index contributed by atoms with van der Waals surface area (Å²) in [5.41, 5.74) is 0.569. The third-order valence-electron chi connectivity index (χ3n) is 2.42. The molecule has 7 nitrogen and oxygen atoms in total. The molecule has 0 saturated heterocycles. The lowest BCUT2D eigenvalue weighted by Gasteiger charge is -2.20. The number of carbonyl (C=O) groups is 3. The van der Waals surface area contributed by atoms with E-state index in [0.29, 0.717) is 5.69 Å². The number of carboxylic acid groups (broad SMARTS) is 2. The number of urea groups is 1. The zero-order valence-electron chi connectivity index (χ0n) is 10.2. The molecule has 0 saturated carbocycles. The maximum absolute atomic E-state index is 11.8. The highest BCUT2D eigenvalue weighted by Crippen LogP contribution is 2.11. The number of carbonyl (C=O) groups excluding carboxylic acids is 1. The first-order valence-corrected chi connectivity index (χ1v) is 5.45. The molecule has 1 aromatic carbocycles. The standard InChI is InChI=1S/C12H14N2O5/c1-14(8-5-3-2-4-6-8)12(19)13-9(11(17)18)7-10(15)16/h2-6,9H,7H2,1H3,(H,13,19)(H,15,16)(H,17,18)/t9-/m1/s1. The van der Waals surface area contributed by atoms with E-state index in [2.05, 4.69) is 5.32 Å². The van der Waals surface area contributed by atoms with Gasteiger partial charge in [-0.2, -0.15) is 0 Å². The van der Waals surface area contributed by atoms with Gasteiger partial charge in [-0.05, 0) is 12.1 Å². The van der Waals surface area contributed by atoms with Crippen molar-refractivity contribution in [3.63, 3.8) is 0 Å². The average molecular weight is 266 g/mol. The van der Waals surface area contributed by atoms with Gasteiger partial charge in [0.25, 0.3) is 0 Å². The molecule has 0 heterocycles. The van der Waals surface area contributed by atoms with E-state index >= 15 is 0 Å². The number of hydrogen-bond donors (Lipinski definition) is 3. The van der Waals surface area contributed by atoms with Crippen LogP contribution in [0, 0.1) is 0 Å². The summed E-state index contributed by atoms with van der Waals surface area (Å²) < 4.78 is 0. The second-order valence-electron chi connectivity index (χ2n) is 3.83. The van der Waals surface area contributed by atoms with Crippen molar-refractivity contribution in [3.05, 3.63) is 30.3 Å². The minimum absolute atomic E-state index is 0.569. The fraction of sp³-hybridized carbons (Fsp3) is 0.250. The number of amides is 2. The predicted molar refractivity (Wildman–Crippen MR) is 67.1 cm³/mol. The van der Waals surface area contributed by atoms with Crippen LogP contribution in [-0.4, -0.2) is 41.3 Å². The molecule has 0 aliphatic heterocycles. The molecular weight excluding hydrogens is 252 g/mol. The molecule has 0 unspecified atom stereocenters. The molecule has 0 aliphatic rings. The Morgan fingerprint density at radius 2 is 1.79 bits per heavy atom. The van der Waals surface area contributed by atoms with Gasteiger partial charge in [0.05, 0.1) is 6.42 Å². The quantitative estimate of drug-likeness (QED) is 0.729. The number of para-hydroxylation sites is 1. The van der Waals surface area contributed by atoms with Gasteiger partial charge in [0.2, 0.25) is 0 Å². The molecule has 0 aliphatic carbocycles. The number of nitrogens with one attached hydrogen (secondary N) is 1. The SMILES string of the molecule is CN(C(=O)N[C@H](CC(=O)O)C(=O)O)c1ccccc1. The molecular formula is C12H14N2O5. The Labute approximate surface area is 109 Å². The van der Waals surface area contributed by atoms with Gasteiger partial charge in [-0.1, -0.05) is 18.2 Å². The summed E-state index contributed by atoms with van der Waals surface area (Å²) in [6, 6.07) is 6.44. The zero-order chi connectivity index (χ0) is 14.4. The zero-order valence-corrected chi connectivity index (χ0v) is 10.2. The van der Waals surface area contributed by atoms with Crippen molar-refractivity contribution in [2.75, 3.05) is 11.9 Å². The predicted octanol–water partition coefficient (Wildman–Crippen LogP) is 0.760. The van der Waals surface area contributed by atoms with Crippen molar-refractivity contribution in [2.45, 2.75) is 12.5 Å². The number of benzene rings is 1. The third-order valence-corrected chi connectivity index (χ3v) is 2.42. The van der Waals surface area contributed by atoms with Crippen LogP contribution in [0.25, 0.3) is 0 Å². The largest absolute Gasteiger partial charge is 0.481 e. The molecule has 19 heavy (non-hydrogen) atoms. The van der Waals surface area contributed by atoms with Crippen LogP contribution in [0.3, 0.4) is 0 Å². The normalized spacial score (nSPS) is 11.4. The van der Waals surface area contributed by atoms with E-state index in [1.165, 1.54) is 11.9 Å². The highest BCUT2D eigenvalue weighted by Gasteiger charge is 2.24. The van der Waals surface area contributed by atoms with Gasteiger partial charge >= 0.3 is 18.0 Å². The average Bonchev–Trinajstić information content (AvgIpc) is 2.37. The van der Waals surface area contributed by atoms with Crippen molar-refractivity contribution >= 4 is 23.7 Å². The lowest BCUT2D eigenvalue weighted by Crippen LogP contribution is -2.47. The van der Waals surface area contributed by atoms with Gasteiger partial charge < -0.3 is 15.5 Å². The topological polar surface area (TPSA) is 107 Å². The van der Waals surface area contributed by atoms with Crippen LogP contribution in [0.1, 0.15) is 6.42 Å². The molecule has 1 rings (SSSR count). The number of anilines is 1. The molecule has 3 N–H and O–H groups in total. The van der Waals surface area contributed by atoms with Crippen LogP contribution in [0.2, 0.25) is 0 Å². The van der Waals surface area contributed by atoms with Gasteiger partial charge in [0.1, 0.15) is 6.04 Å². The van der Waals surface area contributed by atoms with Crippen LogP contribution >= 0.6 is 0 Å². The fourth-order valence-corrected chi connectivity index (χ4v) is 1.39. The summed E-state index contributed by atoms with van der Waals surface area (Å²) in [4.78, 5) is 34.3. The van der Waals surface area contributed by atoms with Gasteiger partial charge in [-0.3, -0.25) is 9.69 Å². The fourth-order valence-electron chi connectivity index (χ4n) is 1.39. The van der Waals surface area contributed by atoms with E-state index in [0.717, 1.165) is 0 Å². The Hall–Kier alpha value is -2.57. The van der Waals surface area contributed by atoms with Crippen LogP contribution in [0.4, 0.5) is 10.5 Å². The highest BCUT2D eigenvalue weighted by atomic mass is 16.4. The van der Waals surface area contributed by atoms with E-state index in [9.17, 15) is 14.4 Å². The van der Waals surface area contributed by atoms with Crippen molar-refractivity contribution in [1.82, 2.24) is 5.32 Å². The Morgan fingerprint density at radius 1 is 1.21 bits per heavy atom.